The van der Waals surface area contributed by atoms with Crippen molar-refractivity contribution in [1.82, 2.24) is 9.21 Å². The maximum Gasteiger partial charge on any atom is 0.254 e. The Kier molecular flexibility index (Phi) is 7.21. The largest absolute Gasteiger partial charge is 0.497 e. The minimum atomic E-state index is -3.81. The van der Waals surface area contributed by atoms with E-state index in [0.29, 0.717) is 25.3 Å². The molecule has 0 bridgehead atoms. The van der Waals surface area contributed by atoms with Gasteiger partial charge in [0.2, 0.25) is 10.0 Å². The monoisotopic (exact) mass is 474 g/mol. The first-order chi connectivity index (χ1) is 15.9. The fourth-order valence-electron chi connectivity index (χ4n) is 4.49. The number of hydrogen-bond acceptors (Lipinski definition) is 6. The van der Waals surface area contributed by atoms with Crippen molar-refractivity contribution in [2.75, 3.05) is 47.1 Å². The van der Waals surface area contributed by atoms with Crippen molar-refractivity contribution >= 4 is 15.9 Å². The summed E-state index contributed by atoms with van der Waals surface area (Å²) in [4.78, 5) is 15.3. The summed E-state index contributed by atoms with van der Waals surface area (Å²) >= 11 is 0. The Labute approximate surface area is 195 Å². The summed E-state index contributed by atoms with van der Waals surface area (Å²) in [6.45, 7) is 1.89. The van der Waals surface area contributed by atoms with E-state index in [-0.39, 0.29) is 35.7 Å². The van der Waals surface area contributed by atoms with Crippen LogP contribution in [0.15, 0.2) is 47.4 Å². The molecule has 33 heavy (non-hydrogen) atoms. The molecule has 0 radical (unpaired) electrons. The lowest BCUT2D eigenvalue weighted by molar-refractivity contribution is 0.0727. The van der Waals surface area contributed by atoms with E-state index in [2.05, 4.69) is 0 Å². The summed E-state index contributed by atoms with van der Waals surface area (Å²) in [5, 5.41) is 0. The van der Waals surface area contributed by atoms with E-state index in [1.165, 1.54) is 17.5 Å². The average molecular weight is 475 g/mol. The SMILES string of the molecule is COc1cccc(CC2CCCN2C(=O)c2ccc(OC)c(S(=O)(=O)N3CCOCC3)c2)c1. The van der Waals surface area contributed by atoms with Gasteiger partial charge < -0.3 is 19.1 Å². The smallest absolute Gasteiger partial charge is 0.254 e. The second-order valence-corrected chi connectivity index (χ2v) is 10.1. The zero-order valence-electron chi connectivity index (χ0n) is 19.0. The van der Waals surface area contributed by atoms with Crippen LogP contribution >= 0.6 is 0 Å². The van der Waals surface area contributed by atoms with Gasteiger partial charge in [-0.1, -0.05) is 12.1 Å². The van der Waals surface area contributed by atoms with E-state index in [4.69, 9.17) is 14.2 Å². The van der Waals surface area contributed by atoms with Crippen molar-refractivity contribution in [3.8, 4) is 11.5 Å². The number of benzene rings is 2. The van der Waals surface area contributed by atoms with Crippen molar-refractivity contribution in [3.63, 3.8) is 0 Å². The summed E-state index contributed by atoms with van der Waals surface area (Å²) in [5.41, 5.74) is 1.45. The maximum absolute atomic E-state index is 13.5. The molecule has 2 aromatic carbocycles. The topological polar surface area (TPSA) is 85.4 Å². The highest BCUT2D eigenvalue weighted by molar-refractivity contribution is 7.89. The van der Waals surface area contributed by atoms with Crippen molar-refractivity contribution in [1.29, 1.82) is 0 Å². The van der Waals surface area contributed by atoms with E-state index in [0.717, 1.165) is 30.6 Å². The molecule has 9 heteroatoms. The van der Waals surface area contributed by atoms with E-state index in [1.54, 1.807) is 19.2 Å². The van der Waals surface area contributed by atoms with E-state index >= 15 is 0 Å². The molecule has 2 heterocycles. The summed E-state index contributed by atoms with van der Waals surface area (Å²) in [5.74, 6) is 0.852. The molecular formula is C24H30N2O6S. The molecule has 4 rings (SSSR count). The lowest BCUT2D eigenvalue weighted by Crippen LogP contribution is -2.41. The number of amides is 1. The van der Waals surface area contributed by atoms with Crippen molar-refractivity contribution in [2.24, 2.45) is 0 Å². The van der Waals surface area contributed by atoms with E-state index in [9.17, 15) is 13.2 Å². The van der Waals surface area contributed by atoms with Crippen LogP contribution in [0.25, 0.3) is 0 Å². The Balaban J connectivity index is 1.59. The van der Waals surface area contributed by atoms with Gasteiger partial charge in [0.1, 0.15) is 16.4 Å². The quantitative estimate of drug-likeness (QED) is 0.613. The number of morpholine rings is 1. The van der Waals surface area contributed by atoms with Crippen LogP contribution in [-0.4, -0.2) is 76.6 Å². The fourth-order valence-corrected chi connectivity index (χ4v) is 6.08. The molecule has 2 fully saturated rings. The predicted molar refractivity (Wildman–Crippen MR) is 123 cm³/mol. The molecule has 1 amide bonds. The van der Waals surface area contributed by atoms with Crippen LogP contribution in [0.1, 0.15) is 28.8 Å². The van der Waals surface area contributed by atoms with Crippen LogP contribution in [0, 0.1) is 0 Å². The molecule has 2 aromatic rings. The van der Waals surface area contributed by atoms with E-state index in [1.807, 2.05) is 29.2 Å². The summed E-state index contributed by atoms with van der Waals surface area (Å²) in [6.07, 6.45) is 2.53. The number of carbonyl (C=O) groups is 1. The Bertz CT molecular complexity index is 1100. The minimum absolute atomic E-state index is 0.0151. The standard InChI is InChI=1S/C24H30N2O6S/c1-30-21-7-3-5-18(16-21)15-20-6-4-10-26(20)24(27)19-8-9-22(31-2)23(17-19)33(28,29)25-11-13-32-14-12-25/h3,5,7-9,16-17,20H,4,6,10-15H2,1-2H3. The minimum Gasteiger partial charge on any atom is -0.497 e. The fraction of sp³-hybridized carbons (Fsp3) is 0.458. The van der Waals surface area contributed by atoms with Gasteiger partial charge in [-0.3, -0.25) is 4.79 Å². The number of carbonyl (C=O) groups excluding carboxylic acids is 1. The van der Waals surface area contributed by atoms with Crippen LogP contribution in [0.3, 0.4) is 0 Å². The first-order valence-corrected chi connectivity index (χ1v) is 12.6. The zero-order chi connectivity index (χ0) is 23.4. The summed E-state index contributed by atoms with van der Waals surface area (Å²) in [7, 11) is -0.744. The molecule has 0 aliphatic carbocycles. The van der Waals surface area contributed by atoms with Gasteiger partial charge in [-0.25, -0.2) is 8.42 Å². The third-order valence-corrected chi connectivity index (χ3v) is 8.16. The number of sulfonamides is 1. The second-order valence-electron chi connectivity index (χ2n) is 8.23. The van der Waals surface area contributed by atoms with Crippen molar-refractivity contribution in [2.45, 2.75) is 30.2 Å². The number of likely N-dealkylation sites (tertiary alicyclic amines) is 1. The van der Waals surface area contributed by atoms with Gasteiger partial charge in [0.25, 0.3) is 5.91 Å². The first kappa shape index (κ1) is 23.5. The molecule has 0 aromatic heterocycles. The molecule has 2 saturated heterocycles. The Morgan fingerprint density at radius 2 is 1.85 bits per heavy atom. The predicted octanol–water partition coefficient (Wildman–Crippen LogP) is 2.57. The molecule has 8 nitrogen and oxygen atoms in total. The molecule has 0 saturated carbocycles. The molecule has 0 spiro atoms. The number of hydrogen-bond donors (Lipinski definition) is 0. The molecular weight excluding hydrogens is 444 g/mol. The van der Waals surface area contributed by atoms with Gasteiger partial charge in [-0.15, -0.1) is 0 Å². The highest BCUT2D eigenvalue weighted by Crippen LogP contribution is 2.31. The zero-order valence-corrected chi connectivity index (χ0v) is 19.8. The van der Waals surface area contributed by atoms with Gasteiger partial charge in [-0.2, -0.15) is 4.31 Å². The van der Waals surface area contributed by atoms with Crippen LogP contribution in [0.5, 0.6) is 11.5 Å². The summed E-state index contributed by atoms with van der Waals surface area (Å²) in [6, 6.07) is 12.6. The normalized spacial score (nSPS) is 19.5. The molecule has 1 atom stereocenters. The maximum atomic E-state index is 13.5. The average Bonchev–Trinajstić information content (AvgIpc) is 3.31. The van der Waals surface area contributed by atoms with Crippen LogP contribution in [0.4, 0.5) is 0 Å². The van der Waals surface area contributed by atoms with Crippen molar-refractivity contribution < 1.29 is 27.4 Å². The Morgan fingerprint density at radius 3 is 2.58 bits per heavy atom. The summed E-state index contributed by atoms with van der Waals surface area (Å²) < 4.78 is 43.9. The Hall–Kier alpha value is -2.62. The molecule has 2 aliphatic heterocycles. The molecule has 2 aliphatic rings. The van der Waals surface area contributed by atoms with Gasteiger partial charge >= 0.3 is 0 Å². The third-order valence-electron chi connectivity index (χ3n) is 6.24. The van der Waals surface area contributed by atoms with Gasteiger partial charge in [-0.05, 0) is 55.2 Å². The number of rotatable bonds is 7. The van der Waals surface area contributed by atoms with Gasteiger partial charge in [0, 0.05) is 31.2 Å². The van der Waals surface area contributed by atoms with Gasteiger partial charge in [0.15, 0.2) is 0 Å². The van der Waals surface area contributed by atoms with Crippen LogP contribution in [0.2, 0.25) is 0 Å². The third kappa shape index (κ3) is 5.00. The first-order valence-electron chi connectivity index (χ1n) is 11.1. The van der Waals surface area contributed by atoms with Gasteiger partial charge in [0.05, 0.1) is 27.4 Å². The molecule has 1 unspecified atom stereocenters. The second kappa shape index (κ2) is 10.1. The number of nitrogens with zero attached hydrogens (tertiary/aromatic N) is 2. The van der Waals surface area contributed by atoms with Crippen LogP contribution in [-0.2, 0) is 21.2 Å². The van der Waals surface area contributed by atoms with E-state index < -0.39 is 10.0 Å². The number of methoxy groups -OCH3 is 2. The lowest BCUT2D eigenvalue weighted by atomic mass is 10.0. The number of ether oxygens (including phenoxy) is 3. The lowest BCUT2D eigenvalue weighted by Gasteiger charge is -2.28. The highest BCUT2D eigenvalue weighted by atomic mass is 32.2. The van der Waals surface area contributed by atoms with Crippen LogP contribution < -0.4 is 9.47 Å². The molecule has 178 valence electrons. The van der Waals surface area contributed by atoms with Crippen molar-refractivity contribution in [3.05, 3.63) is 53.6 Å². The Morgan fingerprint density at radius 1 is 1.06 bits per heavy atom. The highest BCUT2D eigenvalue weighted by Gasteiger charge is 2.33. The molecule has 0 N–H and O–H groups in total.